The Morgan fingerprint density at radius 1 is 0.923 bits per heavy atom. The molecule has 1 heterocycles. The number of aliphatic hydroxyl groups is 1. The van der Waals surface area contributed by atoms with E-state index >= 15 is 0 Å². The van der Waals surface area contributed by atoms with Gasteiger partial charge in [-0.05, 0) is 105 Å². The molecule has 39 heavy (non-hydrogen) atoms. The van der Waals surface area contributed by atoms with E-state index in [4.69, 9.17) is 9.47 Å². The lowest BCUT2D eigenvalue weighted by Gasteiger charge is -2.27. The van der Waals surface area contributed by atoms with E-state index in [1.165, 1.54) is 4.90 Å². The molecule has 1 atom stereocenters. The second-order valence-corrected chi connectivity index (χ2v) is 10.8. The minimum atomic E-state index is -0.842. The lowest BCUT2D eigenvalue weighted by molar-refractivity contribution is -0.132. The molecular weight excluding hydrogens is 490 g/mol. The van der Waals surface area contributed by atoms with Gasteiger partial charge in [0, 0.05) is 11.3 Å². The number of nitrogens with zero attached hydrogens (tertiary/aromatic N) is 1. The van der Waals surface area contributed by atoms with Gasteiger partial charge in [-0.25, -0.2) is 0 Å². The first-order chi connectivity index (χ1) is 18.4. The number of ketones is 1. The van der Waals surface area contributed by atoms with Crippen molar-refractivity contribution >= 4 is 23.1 Å². The summed E-state index contributed by atoms with van der Waals surface area (Å²) in [5, 5.41) is 11.8. The number of rotatable bonds is 7. The second kappa shape index (κ2) is 11.0. The van der Waals surface area contributed by atoms with Crippen molar-refractivity contribution in [2.24, 2.45) is 0 Å². The number of aryl methyl sites for hydroxylation is 3. The highest BCUT2D eigenvalue weighted by Gasteiger charge is 2.47. The molecule has 1 fully saturated rings. The Balaban J connectivity index is 2.01. The molecule has 6 nitrogen and oxygen atoms in total. The molecule has 3 aromatic rings. The quantitative estimate of drug-likeness (QED) is 0.200. The Morgan fingerprint density at radius 2 is 1.59 bits per heavy atom. The van der Waals surface area contributed by atoms with Crippen LogP contribution in [0.1, 0.15) is 73.0 Å². The van der Waals surface area contributed by atoms with E-state index in [1.54, 1.807) is 7.11 Å². The van der Waals surface area contributed by atoms with Crippen LogP contribution in [0.15, 0.2) is 60.2 Å². The highest BCUT2D eigenvalue weighted by molar-refractivity contribution is 6.51. The third-order valence-electron chi connectivity index (χ3n) is 6.93. The molecule has 0 bridgehead atoms. The van der Waals surface area contributed by atoms with E-state index in [9.17, 15) is 14.7 Å². The van der Waals surface area contributed by atoms with Gasteiger partial charge in [-0.2, -0.15) is 0 Å². The molecule has 6 heteroatoms. The van der Waals surface area contributed by atoms with Crippen LogP contribution in [-0.4, -0.2) is 30.0 Å². The summed E-state index contributed by atoms with van der Waals surface area (Å²) in [4.78, 5) is 28.9. The van der Waals surface area contributed by atoms with Crippen molar-refractivity contribution < 1.29 is 24.2 Å². The predicted octanol–water partition coefficient (Wildman–Crippen LogP) is 7.16. The first-order valence-corrected chi connectivity index (χ1v) is 13.3. The zero-order chi connectivity index (χ0) is 28.6. The Labute approximate surface area is 230 Å². The molecule has 0 saturated carbocycles. The van der Waals surface area contributed by atoms with Crippen LogP contribution in [0.3, 0.4) is 0 Å². The van der Waals surface area contributed by atoms with Crippen molar-refractivity contribution in [2.75, 3.05) is 12.0 Å². The first-order valence-electron chi connectivity index (χ1n) is 13.3. The van der Waals surface area contributed by atoms with Crippen molar-refractivity contribution in [1.29, 1.82) is 0 Å². The summed E-state index contributed by atoms with van der Waals surface area (Å²) in [6.45, 7) is 13.7. The lowest BCUT2D eigenvalue weighted by atomic mass is 9.91. The number of ether oxygens (including phenoxy) is 2. The SMILES string of the molecule is COc1cc(C)c(/C(O)=C2\C(=O)C(=O)N(c3cc(C)cc(C)c3)C2c2cccc(OC(C)C)c2)cc1C(C)C. The molecule has 0 aliphatic carbocycles. The topological polar surface area (TPSA) is 76.1 Å². The van der Waals surface area contributed by atoms with E-state index < -0.39 is 17.7 Å². The maximum Gasteiger partial charge on any atom is 0.300 e. The molecule has 1 aliphatic heterocycles. The number of carbonyl (C=O) groups is 2. The number of hydrogen-bond donors (Lipinski definition) is 1. The van der Waals surface area contributed by atoms with Gasteiger partial charge in [0.05, 0.1) is 24.8 Å². The molecular formula is C33H37NO5. The van der Waals surface area contributed by atoms with Crippen molar-refractivity contribution in [3.8, 4) is 11.5 Å². The average Bonchev–Trinajstić information content (AvgIpc) is 3.12. The second-order valence-electron chi connectivity index (χ2n) is 10.8. The average molecular weight is 528 g/mol. The number of amides is 1. The number of anilines is 1. The monoisotopic (exact) mass is 527 g/mol. The summed E-state index contributed by atoms with van der Waals surface area (Å²) >= 11 is 0. The van der Waals surface area contributed by atoms with Crippen LogP contribution in [0, 0.1) is 20.8 Å². The molecule has 1 saturated heterocycles. The van der Waals surface area contributed by atoms with Gasteiger partial charge in [-0.3, -0.25) is 14.5 Å². The van der Waals surface area contributed by atoms with Gasteiger partial charge in [-0.15, -0.1) is 0 Å². The van der Waals surface area contributed by atoms with E-state index in [1.807, 2.05) is 103 Å². The molecule has 1 amide bonds. The Morgan fingerprint density at radius 3 is 2.18 bits per heavy atom. The fourth-order valence-corrected chi connectivity index (χ4v) is 5.26. The molecule has 1 N–H and O–H groups in total. The highest BCUT2D eigenvalue weighted by atomic mass is 16.5. The van der Waals surface area contributed by atoms with Crippen LogP contribution in [0.4, 0.5) is 5.69 Å². The van der Waals surface area contributed by atoms with Gasteiger partial charge < -0.3 is 14.6 Å². The molecule has 0 radical (unpaired) electrons. The zero-order valence-corrected chi connectivity index (χ0v) is 24.0. The fraction of sp³-hybridized carbons (Fsp3) is 0.333. The largest absolute Gasteiger partial charge is 0.507 e. The van der Waals surface area contributed by atoms with Crippen molar-refractivity contribution in [1.82, 2.24) is 0 Å². The number of carbonyl (C=O) groups excluding carboxylic acids is 2. The number of methoxy groups -OCH3 is 1. The summed E-state index contributed by atoms with van der Waals surface area (Å²) in [5.74, 6) is -0.168. The Kier molecular flexibility index (Phi) is 7.86. The highest BCUT2D eigenvalue weighted by Crippen LogP contribution is 2.44. The van der Waals surface area contributed by atoms with Gasteiger partial charge in [0.1, 0.15) is 17.3 Å². The van der Waals surface area contributed by atoms with Crippen LogP contribution in [0.25, 0.3) is 5.76 Å². The van der Waals surface area contributed by atoms with Crippen LogP contribution >= 0.6 is 0 Å². The lowest BCUT2D eigenvalue weighted by Crippen LogP contribution is -2.29. The van der Waals surface area contributed by atoms with Crippen LogP contribution < -0.4 is 14.4 Å². The summed E-state index contributed by atoms with van der Waals surface area (Å²) in [6, 6.07) is 16.0. The molecule has 4 rings (SSSR count). The van der Waals surface area contributed by atoms with Crippen molar-refractivity contribution in [3.63, 3.8) is 0 Å². The van der Waals surface area contributed by atoms with Crippen LogP contribution in [0.2, 0.25) is 0 Å². The number of hydrogen-bond acceptors (Lipinski definition) is 5. The number of benzene rings is 3. The van der Waals surface area contributed by atoms with E-state index in [2.05, 4.69) is 0 Å². The van der Waals surface area contributed by atoms with Crippen LogP contribution in [0.5, 0.6) is 11.5 Å². The van der Waals surface area contributed by atoms with E-state index in [-0.39, 0.29) is 23.4 Å². The van der Waals surface area contributed by atoms with E-state index in [0.717, 1.165) is 22.3 Å². The van der Waals surface area contributed by atoms with Crippen molar-refractivity contribution in [2.45, 2.75) is 66.5 Å². The van der Waals surface area contributed by atoms with Gasteiger partial charge in [-0.1, -0.05) is 32.0 Å². The minimum Gasteiger partial charge on any atom is -0.507 e. The molecule has 0 spiro atoms. The summed E-state index contributed by atoms with van der Waals surface area (Å²) in [6.07, 6.45) is -0.0533. The fourth-order valence-electron chi connectivity index (χ4n) is 5.26. The van der Waals surface area contributed by atoms with E-state index in [0.29, 0.717) is 28.3 Å². The molecule has 3 aromatic carbocycles. The standard InChI is InChI=1S/C33H37NO5/c1-18(2)26-17-27(22(7)15-28(26)38-8)31(35)29-30(23-10-9-11-25(16-23)39-19(3)4)34(33(37)32(29)36)24-13-20(5)12-21(6)14-24/h9-19,30,35H,1-8H3/b31-29+. The number of Topliss-reactive ketones (excluding diaryl/α,β-unsaturated/α-hetero) is 1. The maximum atomic E-state index is 13.7. The third kappa shape index (κ3) is 5.42. The normalized spacial score (nSPS) is 16.9. The molecule has 0 aromatic heterocycles. The van der Waals surface area contributed by atoms with Gasteiger partial charge in [0.25, 0.3) is 11.7 Å². The predicted molar refractivity (Wildman–Crippen MR) is 155 cm³/mol. The number of aliphatic hydroxyl groups excluding tert-OH is 1. The summed E-state index contributed by atoms with van der Waals surface area (Å²) in [5.41, 5.74) is 5.39. The Bertz CT molecular complexity index is 1450. The molecule has 204 valence electrons. The third-order valence-corrected chi connectivity index (χ3v) is 6.93. The molecule has 1 aliphatic rings. The van der Waals surface area contributed by atoms with Gasteiger partial charge >= 0.3 is 0 Å². The van der Waals surface area contributed by atoms with Crippen LogP contribution in [-0.2, 0) is 9.59 Å². The zero-order valence-electron chi connectivity index (χ0n) is 24.0. The first kappa shape index (κ1) is 28.0. The minimum absolute atomic E-state index is 0.0452. The summed E-state index contributed by atoms with van der Waals surface area (Å²) < 4.78 is 11.5. The maximum absolute atomic E-state index is 13.7. The Hall–Kier alpha value is -4.06. The van der Waals surface area contributed by atoms with Gasteiger partial charge in [0.15, 0.2) is 0 Å². The summed E-state index contributed by atoms with van der Waals surface area (Å²) in [7, 11) is 1.61. The molecule has 1 unspecified atom stereocenters. The van der Waals surface area contributed by atoms with Crippen molar-refractivity contribution in [3.05, 3.63) is 93.6 Å². The smallest absolute Gasteiger partial charge is 0.300 e. The van der Waals surface area contributed by atoms with Gasteiger partial charge in [0.2, 0.25) is 0 Å².